The summed E-state index contributed by atoms with van der Waals surface area (Å²) in [6, 6.07) is 5.86. The maximum atomic E-state index is 8.49. The van der Waals surface area contributed by atoms with Crippen molar-refractivity contribution in [2.75, 3.05) is 33.1 Å². The Bertz CT molecular complexity index is 400. The van der Waals surface area contributed by atoms with Gasteiger partial charge in [-0.05, 0) is 12.1 Å². The topological polar surface area (TPSA) is 112 Å². The first kappa shape index (κ1) is 15.9. The van der Waals surface area contributed by atoms with Crippen LogP contribution < -0.4 is 33.7 Å². The van der Waals surface area contributed by atoms with E-state index in [2.05, 4.69) is 0 Å². The van der Waals surface area contributed by atoms with Gasteiger partial charge in [0.05, 0.1) is 6.07 Å². The van der Waals surface area contributed by atoms with Gasteiger partial charge in [0.25, 0.3) is 0 Å². The third kappa shape index (κ3) is 8.66. The van der Waals surface area contributed by atoms with Gasteiger partial charge in [0.1, 0.15) is 14.1 Å². The molecule has 0 atom stereocenters. The molecule has 0 N–H and O–H groups in total. The smallest absolute Gasteiger partial charge is 0.368 e. The van der Waals surface area contributed by atoms with Gasteiger partial charge >= 0.3 is 5.55 Å². The zero-order chi connectivity index (χ0) is 13.6. The van der Waals surface area contributed by atoms with E-state index in [9.17, 15) is 0 Å². The molecule has 98 valence electrons. The second kappa shape index (κ2) is 6.58. The lowest BCUT2D eigenvalue weighted by Crippen LogP contribution is -2.68. The van der Waals surface area contributed by atoms with Crippen molar-refractivity contribution >= 4 is 5.88 Å². The van der Waals surface area contributed by atoms with Gasteiger partial charge in [-0.3, -0.25) is 0 Å². The van der Waals surface area contributed by atoms with E-state index in [1.54, 1.807) is 0 Å². The summed E-state index contributed by atoms with van der Waals surface area (Å²) < 4.78 is 41.5. The average Bonchev–Trinajstić information content (AvgIpc) is 2.15. The fourth-order valence-corrected chi connectivity index (χ4v) is 0.869. The molecular formula is C9H15ClN2O5. The van der Waals surface area contributed by atoms with Crippen LogP contribution >= 0.6 is 0 Å². The van der Waals surface area contributed by atoms with Crippen LogP contribution in [0, 0.1) is 10.2 Å². The third-order valence-corrected chi connectivity index (χ3v) is 1.57. The van der Waals surface area contributed by atoms with E-state index in [4.69, 9.17) is 23.1 Å². The Morgan fingerprint density at radius 2 is 1.59 bits per heavy atom. The van der Waals surface area contributed by atoms with Crippen molar-refractivity contribution in [2.24, 2.45) is 0 Å². The second-order valence-electron chi connectivity index (χ2n) is 3.47. The fraction of sp³-hybridized carbons (Fsp3) is 0.444. The Kier molecular flexibility index (Phi) is 6.14. The van der Waals surface area contributed by atoms with E-state index >= 15 is 0 Å². The van der Waals surface area contributed by atoms with Crippen molar-refractivity contribution in [3.63, 3.8) is 0 Å². The summed E-state index contributed by atoms with van der Waals surface area (Å²) in [5.74, 6) is 0.862. The van der Waals surface area contributed by atoms with Gasteiger partial charge < -0.3 is 9.32 Å². The first-order valence-electron chi connectivity index (χ1n) is 4.51. The second-order valence-corrected chi connectivity index (χ2v) is 4.23. The number of hydrogen-bond acceptors (Lipinski definition) is 6. The van der Waals surface area contributed by atoms with Crippen molar-refractivity contribution in [3.8, 4) is 0 Å². The minimum Gasteiger partial charge on any atom is -0.389 e. The van der Waals surface area contributed by atoms with Crippen molar-refractivity contribution in [2.45, 2.75) is 0 Å². The van der Waals surface area contributed by atoms with Gasteiger partial charge in [-0.25, -0.2) is 23.2 Å². The summed E-state index contributed by atoms with van der Waals surface area (Å²) in [6.07, 6.45) is 0. The molecule has 0 saturated heterocycles. The molecule has 1 rings (SSSR count). The van der Waals surface area contributed by atoms with E-state index in [0.29, 0.717) is 0 Å². The van der Waals surface area contributed by atoms with Crippen LogP contribution in [0.4, 0.5) is 5.88 Å². The van der Waals surface area contributed by atoms with Crippen molar-refractivity contribution < 1.29 is 33.3 Å². The van der Waals surface area contributed by atoms with Crippen LogP contribution in [-0.2, 0) is 0 Å². The number of nitrogens with zero attached hydrogens (tertiary/aromatic N) is 2. The van der Waals surface area contributed by atoms with Crippen molar-refractivity contribution in [1.29, 1.82) is 0 Å². The van der Waals surface area contributed by atoms with Crippen LogP contribution in [0.5, 0.6) is 0 Å². The molecule has 17 heavy (non-hydrogen) atoms. The Hall–Kier alpha value is -1.12. The summed E-state index contributed by atoms with van der Waals surface area (Å²) in [5, 5.41) is 0. The molecule has 8 heteroatoms. The molecule has 1 heterocycles. The predicted octanol–water partition coefficient (Wildman–Crippen LogP) is -4.38. The quantitative estimate of drug-likeness (QED) is 0.475. The Morgan fingerprint density at radius 1 is 1.12 bits per heavy atom. The molecule has 0 amide bonds. The number of rotatable bonds is 1. The fourth-order valence-electron chi connectivity index (χ4n) is 0.869. The van der Waals surface area contributed by atoms with E-state index < -0.39 is 10.2 Å². The molecule has 0 unspecified atom stereocenters. The average molecular weight is 267 g/mol. The molecule has 0 bridgehead atoms. The molecule has 0 aliphatic rings. The highest BCUT2D eigenvalue weighted by atomic mass is 35.7. The molecule has 1 aromatic rings. The lowest BCUT2D eigenvalue weighted by molar-refractivity contribution is -2.00. The highest BCUT2D eigenvalue weighted by Gasteiger charge is 1.99. The van der Waals surface area contributed by atoms with Gasteiger partial charge in [0, 0.05) is 14.1 Å². The highest BCUT2D eigenvalue weighted by Crippen LogP contribution is 2.04. The number of halogens is 1. The summed E-state index contributed by atoms with van der Waals surface area (Å²) in [5.41, 5.74) is 0.862. The zero-order valence-electron chi connectivity index (χ0n) is 10.0. The van der Waals surface area contributed by atoms with E-state index in [0.717, 1.165) is 11.4 Å². The Morgan fingerprint density at radius 3 is 1.94 bits per heavy atom. The maximum Gasteiger partial charge on any atom is 0.368 e. The van der Waals surface area contributed by atoms with Gasteiger partial charge in [0.2, 0.25) is 5.88 Å². The van der Waals surface area contributed by atoms with Gasteiger partial charge in [-0.15, -0.1) is 10.2 Å². The number of anilines is 1. The summed E-state index contributed by atoms with van der Waals surface area (Å²) >= 11 is 0. The normalized spacial score (nSPS) is 10.4. The van der Waals surface area contributed by atoms with Crippen LogP contribution in [0.3, 0.4) is 0 Å². The summed E-state index contributed by atoms with van der Waals surface area (Å²) in [7, 11) is 2.88. The SMILES string of the molecule is CN(C)c1cccc(=[N+](C)C)o1.[O-][Cl+3]([O-])([O-])[O-]. The van der Waals surface area contributed by atoms with E-state index in [1.165, 1.54) is 0 Å². The predicted molar refractivity (Wildman–Crippen MR) is 50.2 cm³/mol. The van der Waals surface area contributed by atoms with Gasteiger partial charge in [-0.1, -0.05) is 0 Å². The van der Waals surface area contributed by atoms with E-state index in [-0.39, 0.29) is 0 Å². The Labute approximate surface area is 101 Å². The molecular weight excluding hydrogens is 252 g/mol. The van der Waals surface area contributed by atoms with Crippen LogP contribution in [-0.4, -0.2) is 28.2 Å². The molecule has 1 aromatic heterocycles. The lowest BCUT2D eigenvalue weighted by Gasteiger charge is -2.17. The minimum atomic E-state index is -4.94. The Balaban J connectivity index is 0.000000437. The molecule has 0 aliphatic carbocycles. The van der Waals surface area contributed by atoms with E-state index in [1.807, 2.05) is 55.9 Å². The van der Waals surface area contributed by atoms with Crippen molar-refractivity contribution in [3.05, 3.63) is 23.8 Å². The molecule has 0 saturated carbocycles. The molecule has 0 aromatic carbocycles. The highest BCUT2D eigenvalue weighted by molar-refractivity contribution is 5.30. The molecule has 0 spiro atoms. The third-order valence-electron chi connectivity index (χ3n) is 1.57. The molecule has 7 nitrogen and oxygen atoms in total. The monoisotopic (exact) mass is 266 g/mol. The molecule has 0 aliphatic heterocycles. The zero-order valence-corrected chi connectivity index (χ0v) is 10.8. The van der Waals surface area contributed by atoms with Crippen molar-refractivity contribution in [1.82, 2.24) is 4.58 Å². The first-order valence-corrected chi connectivity index (χ1v) is 5.74. The minimum absolute atomic E-state index is 0.862. The van der Waals surface area contributed by atoms with Crippen LogP contribution in [0.25, 0.3) is 0 Å². The maximum absolute atomic E-state index is 8.49. The standard InChI is InChI=1S/C9H15N2O.ClHO4/c1-10(2)8-6-5-7-9(12-8)11(3)4;2-1(3,4)5/h5-7H,1-4H3;(H,2,3,4,5)/q+1;/p-1. The van der Waals surface area contributed by atoms with Crippen LogP contribution in [0.1, 0.15) is 0 Å². The van der Waals surface area contributed by atoms with Gasteiger partial charge in [-0.2, -0.15) is 0 Å². The molecule has 0 fully saturated rings. The first-order chi connectivity index (χ1) is 7.61. The van der Waals surface area contributed by atoms with Crippen LogP contribution in [0.2, 0.25) is 0 Å². The lowest BCUT2D eigenvalue weighted by atomic mass is 10.5. The largest absolute Gasteiger partial charge is 0.389 e. The summed E-state index contributed by atoms with van der Waals surface area (Å²) in [4.78, 5) is 1.94. The number of hydrogen-bond donors (Lipinski definition) is 0. The van der Waals surface area contributed by atoms with Crippen LogP contribution in [0.15, 0.2) is 22.6 Å². The van der Waals surface area contributed by atoms with Gasteiger partial charge in [0.15, 0.2) is 0 Å². The molecule has 0 radical (unpaired) electrons. The summed E-state index contributed by atoms with van der Waals surface area (Å²) in [6.45, 7) is 0.